The molecule has 0 unspecified atom stereocenters. The Balaban J connectivity index is 1.93. The first-order valence-corrected chi connectivity index (χ1v) is 7.50. The first kappa shape index (κ1) is 13.4. The Bertz CT molecular complexity index is 732. The molecular weight excluding hydrogens is 322 g/mol. The molecule has 1 aromatic carbocycles. The summed E-state index contributed by atoms with van der Waals surface area (Å²) < 4.78 is 4.34. The van der Waals surface area contributed by atoms with E-state index >= 15 is 0 Å². The van der Waals surface area contributed by atoms with Crippen molar-refractivity contribution in [1.29, 1.82) is 0 Å². The summed E-state index contributed by atoms with van der Waals surface area (Å²) in [5.74, 6) is 0.195. The van der Waals surface area contributed by atoms with Crippen LogP contribution in [0.25, 0.3) is 11.0 Å². The summed E-state index contributed by atoms with van der Waals surface area (Å²) in [6.45, 7) is 1.96. The number of hydrogen-bond acceptors (Lipinski definition) is 2. The number of carbonyl (C=O) groups is 1. The summed E-state index contributed by atoms with van der Waals surface area (Å²) >= 11 is 3.42. The van der Waals surface area contributed by atoms with E-state index in [2.05, 4.69) is 15.9 Å². The first-order valence-electron chi connectivity index (χ1n) is 6.70. The highest BCUT2D eigenvalue weighted by atomic mass is 79.9. The number of rotatable bonds is 3. The summed E-state index contributed by atoms with van der Waals surface area (Å²) in [6.07, 6.45) is 1.56. The molecule has 1 amide bonds. The van der Waals surface area contributed by atoms with Gasteiger partial charge in [0.1, 0.15) is 0 Å². The van der Waals surface area contributed by atoms with Gasteiger partial charge in [-0.2, -0.15) is 0 Å². The van der Waals surface area contributed by atoms with Crippen LogP contribution in [0, 0.1) is 0 Å². The van der Waals surface area contributed by atoms with E-state index in [0.29, 0.717) is 19.5 Å². The van der Waals surface area contributed by atoms with E-state index in [4.69, 9.17) is 0 Å². The van der Waals surface area contributed by atoms with Gasteiger partial charge >= 0.3 is 5.69 Å². The van der Waals surface area contributed by atoms with Crippen molar-refractivity contribution in [2.24, 2.45) is 7.05 Å². The molecular formula is C14H16BrN3O2. The van der Waals surface area contributed by atoms with Crippen LogP contribution in [-0.2, 0) is 18.4 Å². The molecule has 3 rings (SSSR count). The van der Waals surface area contributed by atoms with E-state index < -0.39 is 0 Å². The lowest BCUT2D eigenvalue weighted by Crippen LogP contribution is -2.32. The third-order valence-corrected chi connectivity index (χ3v) is 4.37. The van der Waals surface area contributed by atoms with Gasteiger partial charge in [-0.15, -0.1) is 0 Å². The molecule has 1 fully saturated rings. The number of likely N-dealkylation sites (tertiary alicyclic amines) is 1. The standard InChI is InChI=1S/C14H16BrN3O2/c1-16-12-9-10(15)4-5-11(12)18(14(16)20)8-7-17-6-2-3-13(17)19/h4-5,9H,2-3,6-8H2,1H3. The average Bonchev–Trinajstić information content (AvgIpc) is 2.93. The summed E-state index contributed by atoms with van der Waals surface area (Å²) in [7, 11) is 1.77. The second-order valence-corrected chi connectivity index (χ2v) is 6.03. The molecule has 2 aromatic rings. The van der Waals surface area contributed by atoms with Crippen LogP contribution in [0.3, 0.4) is 0 Å². The van der Waals surface area contributed by atoms with E-state index in [1.54, 1.807) is 16.2 Å². The quantitative estimate of drug-likeness (QED) is 0.856. The van der Waals surface area contributed by atoms with Crippen LogP contribution < -0.4 is 5.69 Å². The molecule has 1 aliphatic heterocycles. The average molecular weight is 338 g/mol. The zero-order chi connectivity index (χ0) is 14.3. The molecule has 0 saturated carbocycles. The minimum atomic E-state index is -0.0373. The molecule has 0 aliphatic carbocycles. The normalized spacial score (nSPS) is 15.5. The minimum Gasteiger partial charge on any atom is -0.341 e. The Morgan fingerprint density at radius 2 is 2.00 bits per heavy atom. The van der Waals surface area contributed by atoms with Gasteiger partial charge < -0.3 is 4.90 Å². The van der Waals surface area contributed by atoms with Gasteiger partial charge in [-0.05, 0) is 24.6 Å². The summed E-state index contributed by atoms with van der Waals surface area (Å²) in [6, 6.07) is 5.81. The van der Waals surface area contributed by atoms with E-state index in [-0.39, 0.29) is 11.6 Å². The van der Waals surface area contributed by atoms with Crippen molar-refractivity contribution in [1.82, 2.24) is 14.0 Å². The van der Waals surface area contributed by atoms with E-state index in [9.17, 15) is 9.59 Å². The number of aryl methyl sites for hydroxylation is 1. The number of amides is 1. The SMILES string of the molecule is Cn1c(=O)n(CCN2CCCC2=O)c2ccc(Br)cc21. The van der Waals surface area contributed by atoms with Crippen LogP contribution in [-0.4, -0.2) is 33.0 Å². The maximum absolute atomic E-state index is 12.3. The fourth-order valence-corrected chi connectivity index (χ4v) is 3.11. The number of aromatic nitrogens is 2. The lowest BCUT2D eigenvalue weighted by Gasteiger charge is -2.15. The number of benzene rings is 1. The third kappa shape index (κ3) is 2.18. The summed E-state index contributed by atoms with van der Waals surface area (Å²) in [5, 5.41) is 0. The second kappa shape index (κ2) is 5.09. The Morgan fingerprint density at radius 1 is 1.20 bits per heavy atom. The van der Waals surface area contributed by atoms with Crippen molar-refractivity contribution in [3.05, 3.63) is 33.2 Å². The van der Waals surface area contributed by atoms with Crippen molar-refractivity contribution in [3.63, 3.8) is 0 Å². The molecule has 0 atom stereocenters. The van der Waals surface area contributed by atoms with E-state index in [1.165, 1.54) is 0 Å². The van der Waals surface area contributed by atoms with Crippen molar-refractivity contribution < 1.29 is 4.79 Å². The highest BCUT2D eigenvalue weighted by Gasteiger charge is 2.20. The number of hydrogen-bond donors (Lipinski definition) is 0. The predicted molar refractivity (Wildman–Crippen MR) is 80.7 cm³/mol. The Labute approximate surface area is 124 Å². The van der Waals surface area contributed by atoms with Gasteiger partial charge in [-0.1, -0.05) is 15.9 Å². The van der Waals surface area contributed by atoms with Crippen LogP contribution in [0.15, 0.2) is 27.5 Å². The van der Waals surface area contributed by atoms with E-state index in [1.807, 2.05) is 23.1 Å². The van der Waals surface area contributed by atoms with Crippen LogP contribution >= 0.6 is 15.9 Å². The fourth-order valence-electron chi connectivity index (χ4n) is 2.76. The highest BCUT2D eigenvalue weighted by molar-refractivity contribution is 9.10. The molecule has 20 heavy (non-hydrogen) atoms. The van der Waals surface area contributed by atoms with E-state index in [0.717, 1.165) is 28.5 Å². The zero-order valence-electron chi connectivity index (χ0n) is 11.3. The molecule has 6 heteroatoms. The number of carbonyl (C=O) groups excluding carboxylic acids is 1. The molecule has 1 aromatic heterocycles. The fraction of sp³-hybridized carbons (Fsp3) is 0.429. The Kier molecular flexibility index (Phi) is 3.41. The molecule has 0 N–H and O–H groups in total. The van der Waals surface area contributed by atoms with Gasteiger partial charge in [0.05, 0.1) is 11.0 Å². The molecule has 0 bridgehead atoms. The van der Waals surface area contributed by atoms with Crippen molar-refractivity contribution >= 4 is 32.9 Å². The molecule has 0 radical (unpaired) electrons. The molecule has 0 spiro atoms. The maximum Gasteiger partial charge on any atom is 0.328 e. The van der Waals surface area contributed by atoms with Gasteiger partial charge in [-0.25, -0.2) is 4.79 Å². The summed E-state index contributed by atoms with van der Waals surface area (Å²) in [4.78, 5) is 25.8. The number of nitrogens with zero attached hydrogens (tertiary/aromatic N) is 3. The monoisotopic (exact) mass is 337 g/mol. The highest BCUT2D eigenvalue weighted by Crippen LogP contribution is 2.19. The molecule has 5 nitrogen and oxygen atoms in total. The Morgan fingerprint density at radius 3 is 2.70 bits per heavy atom. The third-order valence-electron chi connectivity index (χ3n) is 3.87. The van der Waals surface area contributed by atoms with Gasteiger partial charge in [-0.3, -0.25) is 13.9 Å². The first-order chi connectivity index (χ1) is 9.58. The largest absolute Gasteiger partial charge is 0.341 e. The van der Waals surface area contributed by atoms with Gasteiger partial charge in [0.2, 0.25) is 5.91 Å². The van der Waals surface area contributed by atoms with Crippen molar-refractivity contribution in [3.8, 4) is 0 Å². The number of halogens is 1. The van der Waals surface area contributed by atoms with Crippen LogP contribution in [0.1, 0.15) is 12.8 Å². The lowest BCUT2D eigenvalue weighted by molar-refractivity contribution is -0.127. The van der Waals surface area contributed by atoms with Crippen LogP contribution in [0.4, 0.5) is 0 Å². The maximum atomic E-state index is 12.3. The smallest absolute Gasteiger partial charge is 0.328 e. The molecule has 1 saturated heterocycles. The molecule has 2 heterocycles. The molecule has 106 valence electrons. The predicted octanol–water partition coefficient (Wildman–Crippen LogP) is 1.72. The van der Waals surface area contributed by atoms with Gasteiger partial charge in [0, 0.05) is 37.6 Å². The molecule has 1 aliphatic rings. The lowest BCUT2D eigenvalue weighted by atomic mass is 10.3. The topological polar surface area (TPSA) is 47.2 Å². The van der Waals surface area contributed by atoms with Gasteiger partial charge in [0.25, 0.3) is 0 Å². The minimum absolute atomic E-state index is 0.0373. The van der Waals surface area contributed by atoms with Crippen molar-refractivity contribution in [2.45, 2.75) is 19.4 Å². The number of fused-ring (bicyclic) bond motifs is 1. The van der Waals surface area contributed by atoms with Crippen LogP contribution in [0.5, 0.6) is 0 Å². The van der Waals surface area contributed by atoms with Gasteiger partial charge in [0.15, 0.2) is 0 Å². The Hall–Kier alpha value is -1.56. The number of imidazole rings is 1. The van der Waals surface area contributed by atoms with Crippen molar-refractivity contribution in [2.75, 3.05) is 13.1 Å². The second-order valence-electron chi connectivity index (χ2n) is 5.11. The summed E-state index contributed by atoms with van der Waals surface area (Å²) in [5.41, 5.74) is 1.77. The zero-order valence-corrected chi connectivity index (χ0v) is 12.9. The van der Waals surface area contributed by atoms with Crippen LogP contribution in [0.2, 0.25) is 0 Å².